The average molecular weight is 474 g/mol. The number of nitrogens with zero attached hydrogens (tertiary/aromatic N) is 3. The molecule has 25 heavy (non-hydrogen) atoms. The highest BCUT2D eigenvalue weighted by molar-refractivity contribution is 14.0. The summed E-state index contributed by atoms with van der Waals surface area (Å²) in [5, 5.41) is 3.66. The fourth-order valence-corrected chi connectivity index (χ4v) is 2.77. The van der Waals surface area contributed by atoms with Crippen molar-refractivity contribution in [3.05, 3.63) is 53.2 Å². The molecule has 0 bridgehead atoms. The second-order valence-corrected chi connectivity index (χ2v) is 5.85. The summed E-state index contributed by atoms with van der Waals surface area (Å²) >= 11 is 6.15. The third-order valence-corrected chi connectivity index (χ3v) is 3.97. The first kappa shape index (κ1) is 19.7. The molecular formula is C17H21ClIN5O. The van der Waals surface area contributed by atoms with Gasteiger partial charge in [0, 0.05) is 30.0 Å². The molecule has 1 fully saturated rings. The Kier molecular flexibility index (Phi) is 7.73. The van der Waals surface area contributed by atoms with Crippen LogP contribution < -0.4 is 16.0 Å². The van der Waals surface area contributed by atoms with Gasteiger partial charge in [-0.2, -0.15) is 0 Å². The quantitative estimate of drug-likeness (QED) is 0.405. The molecule has 1 aromatic heterocycles. The van der Waals surface area contributed by atoms with E-state index < -0.39 is 0 Å². The molecule has 2 aromatic rings. The number of hydrogen-bond acceptors (Lipinski definition) is 4. The highest BCUT2D eigenvalue weighted by Gasteiger charge is 2.15. The van der Waals surface area contributed by atoms with Gasteiger partial charge in [0.1, 0.15) is 5.82 Å². The maximum Gasteiger partial charge on any atom is 0.194 e. The minimum Gasteiger partial charge on any atom is -0.378 e. The molecule has 1 aliphatic rings. The van der Waals surface area contributed by atoms with Crippen LogP contribution in [0.4, 0.5) is 11.5 Å². The Morgan fingerprint density at radius 1 is 1.28 bits per heavy atom. The molecule has 0 unspecified atom stereocenters. The van der Waals surface area contributed by atoms with Crippen molar-refractivity contribution in [1.82, 2.24) is 4.98 Å². The summed E-state index contributed by atoms with van der Waals surface area (Å²) in [5.41, 5.74) is 8.11. The highest BCUT2D eigenvalue weighted by atomic mass is 127. The lowest BCUT2D eigenvalue weighted by Crippen LogP contribution is -2.36. The Morgan fingerprint density at radius 3 is 2.80 bits per heavy atom. The number of hydrogen-bond donors (Lipinski definition) is 2. The molecule has 6 nitrogen and oxygen atoms in total. The van der Waals surface area contributed by atoms with Gasteiger partial charge in [-0.1, -0.05) is 17.7 Å². The number of rotatable bonds is 4. The van der Waals surface area contributed by atoms with E-state index in [9.17, 15) is 0 Å². The van der Waals surface area contributed by atoms with Gasteiger partial charge in [-0.25, -0.2) is 9.98 Å². The highest BCUT2D eigenvalue weighted by Crippen LogP contribution is 2.26. The Labute approximate surface area is 169 Å². The van der Waals surface area contributed by atoms with E-state index in [0.717, 1.165) is 37.6 Å². The molecule has 0 radical (unpaired) electrons. The van der Waals surface area contributed by atoms with Gasteiger partial charge in [-0.05, 0) is 35.9 Å². The van der Waals surface area contributed by atoms with E-state index in [-0.39, 0.29) is 24.0 Å². The first-order valence-corrected chi connectivity index (χ1v) is 8.19. The second kappa shape index (κ2) is 9.79. The van der Waals surface area contributed by atoms with Crippen molar-refractivity contribution in [1.29, 1.82) is 0 Å². The van der Waals surface area contributed by atoms with E-state index in [4.69, 9.17) is 22.1 Å². The van der Waals surface area contributed by atoms with E-state index in [1.807, 2.05) is 36.4 Å². The fraction of sp³-hybridized carbons (Fsp3) is 0.294. The fourth-order valence-electron chi connectivity index (χ4n) is 2.57. The van der Waals surface area contributed by atoms with Gasteiger partial charge in [-0.3, -0.25) is 0 Å². The van der Waals surface area contributed by atoms with E-state index in [2.05, 4.69) is 20.2 Å². The zero-order chi connectivity index (χ0) is 16.8. The number of anilines is 2. The summed E-state index contributed by atoms with van der Waals surface area (Å²) in [6, 6.07) is 11.4. The van der Waals surface area contributed by atoms with Crippen LogP contribution in [0.15, 0.2) is 47.6 Å². The number of nitrogens with two attached hydrogens (primary N) is 1. The van der Waals surface area contributed by atoms with Crippen molar-refractivity contribution >= 4 is 53.0 Å². The van der Waals surface area contributed by atoms with Crippen molar-refractivity contribution in [3.8, 4) is 0 Å². The Morgan fingerprint density at radius 2 is 2.08 bits per heavy atom. The van der Waals surface area contributed by atoms with Crippen molar-refractivity contribution in [2.75, 3.05) is 36.5 Å². The van der Waals surface area contributed by atoms with Crippen molar-refractivity contribution in [2.45, 2.75) is 6.54 Å². The van der Waals surface area contributed by atoms with Crippen LogP contribution in [0, 0.1) is 0 Å². The molecule has 3 N–H and O–H groups in total. The molecule has 8 heteroatoms. The molecule has 3 rings (SSSR count). The standard InChI is InChI=1S/C17H20ClN5O.HI/c18-14-4-5-15(23-7-9-24-10-8-23)13(11-14)12-21-17(19)22-16-3-1-2-6-20-16;/h1-6,11H,7-10,12H2,(H3,19,20,21,22);1H. The van der Waals surface area contributed by atoms with Crippen LogP contribution in [0.1, 0.15) is 5.56 Å². The van der Waals surface area contributed by atoms with Gasteiger partial charge in [0.2, 0.25) is 0 Å². The van der Waals surface area contributed by atoms with Crippen LogP contribution in [0.3, 0.4) is 0 Å². The Hall–Kier alpha value is -1.58. The zero-order valence-electron chi connectivity index (χ0n) is 13.7. The van der Waals surface area contributed by atoms with E-state index >= 15 is 0 Å². The topological polar surface area (TPSA) is 75.8 Å². The number of pyridine rings is 1. The molecule has 1 aliphatic heterocycles. The molecule has 1 saturated heterocycles. The summed E-state index contributed by atoms with van der Waals surface area (Å²) in [6.07, 6.45) is 1.70. The summed E-state index contributed by atoms with van der Waals surface area (Å²) in [4.78, 5) is 10.9. The molecule has 0 aliphatic carbocycles. The number of benzene rings is 1. The average Bonchev–Trinajstić information content (AvgIpc) is 2.62. The zero-order valence-corrected chi connectivity index (χ0v) is 16.8. The number of aromatic nitrogens is 1. The summed E-state index contributed by atoms with van der Waals surface area (Å²) in [5.74, 6) is 0.986. The largest absolute Gasteiger partial charge is 0.378 e. The first-order valence-electron chi connectivity index (χ1n) is 7.81. The third kappa shape index (κ3) is 5.72. The van der Waals surface area contributed by atoms with Gasteiger partial charge in [0.15, 0.2) is 5.96 Å². The second-order valence-electron chi connectivity index (χ2n) is 5.41. The van der Waals surface area contributed by atoms with E-state index in [1.165, 1.54) is 0 Å². The Bertz CT molecular complexity index is 707. The molecule has 0 spiro atoms. The first-order chi connectivity index (χ1) is 11.7. The molecule has 0 atom stereocenters. The monoisotopic (exact) mass is 473 g/mol. The Balaban J connectivity index is 0.00000225. The molecule has 2 heterocycles. The lowest BCUT2D eigenvalue weighted by Gasteiger charge is -2.30. The lowest BCUT2D eigenvalue weighted by molar-refractivity contribution is 0.122. The van der Waals surface area contributed by atoms with Crippen LogP contribution in [0.25, 0.3) is 0 Å². The smallest absolute Gasteiger partial charge is 0.194 e. The van der Waals surface area contributed by atoms with Crippen molar-refractivity contribution in [2.24, 2.45) is 10.7 Å². The van der Waals surface area contributed by atoms with Crippen LogP contribution in [0.5, 0.6) is 0 Å². The SMILES string of the molecule is I.NC(=NCc1cc(Cl)ccc1N1CCOCC1)Nc1ccccn1. The van der Waals surface area contributed by atoms with Crippen LogP contribution in [0.2, 0.25) is 5.02 Å². The molecule has 0 amide bonds. The maximum absolute atomic E-state index is 6.15. The van der Waals surface area contributed by atoms with Gasteiger partial charge in [-0.15, -0.1) is 24.0 Å². The summed E-state index contributed by atoms with van der Waals surface area (Å²) < 4.78 is 5.42. The van der Waals surface area contributed by atoms with Gasteiger partial charge in [0.25, 0.3) is 0 Å². The van der Waals surface area contributed by atoms with Gasteiger partial charge in [0.05, 0.1) is 19.8 Å². The third-order valence-electron chi connectivity index (χ3n) is 3.73. The van der Waals surface area contributed by atoms with Crippen LogP contribution in [-0.4, -0.2) is 37.2 Å². The number of halogens is 2. The number of aliphatic imine (C=N–C) groups is 1. The molecule has 0 saturated carbocycles. The maximum atomic E-state index is 6.15. The minimum absolute atomic E-state index is 0. The predicted molar refractivity (Wildman–Crippen MR) is 113 cm³/mol. The van der Waals surface area contributed by atoms with Crippen molar-refractivity contribution in [3.63, 3.8) is 0 Å². The van der Waals surface area contributed by atoms with Gasteiger partial charge < -0.3 is 20.7 Å². The molecule has 134 valence electrons. The lowest BCUT2D eigenvalue weighted by atomic mass is 10.1. The van der Waals surface area contributed by atoms with Crippen molar-refractivity contribution < 1.29 is 4.74 Å². The van der Waals surface area contributed by atoms with E-state index in [0.29, 0.717) is 23.3 Å². The predicted octanol–water partition coefficient (Wildman–Crippen LogP) is 3.12. The molecular weight excluding hydrogens is 453 g/mol. The van der Waals surface area contributed by atoms with Crippen LogP contribution in [-0.2, 0) is 11.3 Å². The number of nitrogens with one attached hydrogen (secondary N) is 1. The summed E-state index contributed by atoms with van der Waals surface area (Å²) in [6.45, 7) is 3.63. The summed E-state index contributed by atoms with van der Waals surface area (Å²) in [7, 11) is 0. The molecule has 1 aromatic carbocycles. The minimum atomic E-state index is 0. The van der Waals surface area contributed by atoms with Crippen LogP contribution >= 0.6 is 35.6 Å². The normalized spacial score (nSPS) is 14.8. The van der Waals surface area contributed by atoms with E-state index in [1.54, 1.807) is 6.20 Å². The number of morpholine rings is 1. The van der Waals surface area contributed by atoms with Gasteiger partial charge >= 0.3 is 0 Å². The number of guanidine groups is 1. The number of ether oxygens (including phenoxy) is 1.